The van der Waals surface area contributed by atoms with Crippen LogP contribution < -0.4 is 11.5 Å². The van der Waals surface area contributed by atoms with Crippen molar-refractivity contribution in [3.05, 3.63) is 47.5 Å². The summed E-state index contributed by atoms with van der Waals surface area (Å²) in [7, 11) is -8.45. The standard InChI is InChI=1S/C16H20N2O4S.H3O4P/c17-13-1-3-15(11(9-13)5-7-19)23(21,22)16-4-2-14(18)10-12(16)6-8-20;1-5(2,3)4/h1-4,9-10,19-20H,5-8,17-18H2;(H3,1,2,3,4). The normalized spacial score (nSPS) is 11.6. The van der Waals surface area contributed by atoms with Crippen molar-refractivity contribution in [2.45, 2.75) is 22.6 Å². The highest BCUT2D eigenvalue weighted by atomic mass is 32.2. The Bertz CT molecular complexity index is 889. The van der Waals surface area contributed by atoms with Gasteiger partial charge in [0.05, 0.1) is 9.79 Å². The summed E-state index contributed by atoms with van der Waals surface area (Å²) in [5.74, 6) is 0. The van der Waals surface area contributed by atoms with Crippen molar-refractivity contribution in [1.29, 1.82) is 0 Å². The number of sulfone groups is 1. The predicted octanol–water partition coefficient (Wildman–Crippen LogP) is -0.175. The minimum absolute atomic E-state index is 0.102. The summed E-state index contributed by atoms with van der Waals surface area (Å²) in [6.07, 6.45) is 0.369. The van der Waals surface area contributed by atoms with Gasteiger partial charge in [-0.1, -0.05) is 0 Å². The maximum absolute atomic E-state index is 13.0. The van der Waals surface area contributed by atoms with Crippen LogP contribution in [0.2, 0.25) is 0 Å². The molecule has 156 valence electrons. The maximum Gasteiger partial charge on any atom is 0.466 e. The molecule has 0 saturated heterocycles. The number of rotatable bonds is 6. The lowest BCUT2D eigenvalue weighted by Gasteiger charge is -2.14. The van der Waals surface area contributed by atoms with Crippen molar-refractivity contribution in [3.8, 4) is 0 Å². The molecule has 0 atom stereocenters. The van der Waals surface area contributed by atoms with Gasteiger partial charge in [0.2, 0.25) is 9.84 Å². The molecule has 0 aliphatic heterocycles. The molecule has 0 spiro atoms. The second-order valence-corrected chi connectivity index (χ2v) is 8.61. The Hall–Kier alpha value is -1.98. The zero-order valence-corrected chi connectivity index (χ0v) is 16.5. The highest BCUT2D eigenvalue weighted by Crippen LogP contribution is 2.29. The lowest BCUT2D eigenvalue weighted by Crippen LogP contribution is -2.11. The summed E-state index contributed by atoms with van der Waals surface area (Å²) in [5.41, 5.74) is 13.2. The van der Waals surface area contributed by atoms with Crippen LogP contribution in [-0.4, -0.2) is 46.5 Å². The number of hydrogen-bond acceptors (Lipinski definition) is 7. The van der Waals surface area contributed by atoms with Crippen LogP contribution in [0.1, 0.15) is 11.1 Å². The van der Waals surface area contributed by atoms with Crippen molar-refractivity contribution in [2.75, 3.05) is 24.7 Å². The monoisotopic (exact) mass is 434 g/mol. The Morgan fingerprint density at radius 3 is 1.39 bits per heavy atom. The van der Waals surface area contributed by atoms with Gasteiger partial charge in [-0.2, -0.15) is 0 Å². The van der Waals surface area contributed by atoms with Gasteiger partial charge in [-0.3, -0.25) is 0 Å². The molecular formula is C16H23N2O8PS. The van der Waals surface area contributed by atoms with Crippen molar-refractivity contribution in [1.82, 2.24) is 0 Å². The number of aliphatic hydroxyl groups is 2. The third-order valence-corrected chi connectivity index (χ3v) is 5.47. The summed E-state index contributed by atoms with van der Waals surface area (Å²) < 4.78 is 34.9. The molecule has 0 amide bonds. The van der Waals surface area contributed by atoms with Crippen molar-refractivity contribution in [3.63, 3.8) is 0 Å². The second kappa shape index (κ2) is 9.99. The smallest absolute Gasteiger partial charge is 0.399 e. The van der Waals surface area contributed by atoms with E-state index >= 15 is 0 Å². The number of hydrogen-bond donors (Lipinski definition) is 7. The van der Waals surface area contributed by atoms with E-state index in [0.717, 1.165) is 0 Å². The molecule has 0 saturated carbocycles. The zero-order chi connectivity index (χ0) is 21.5. The molecule has 0 unspecified atom stereocenters. The molecule has 2 aromatic rings. The molecule has 2 rings (SSSR count). The van der Waals surface area contributed by atoms with Gasteiger partial charge in [-0.05, 0) is 60.4 Å². The van der Waals surface area contributed by atoms with Crippen molar-refractivity contribution >= 4 is 29.0 Å². The highest BCUT2D eigenvalue weighted by molar-refractivity contribution is 7.91. The van der Waals surface area contributed by atoms with E-state index in [2.05, 4.69) is 0 Å². The van der Waals surface area contributed by atoms with Crippen LogP contribution in [0, 0.1) is 0 Å². The fraction of sp³-hybridized carbons (Fsp3) is 0.250. The summed E-state index contributed by atoms with van der Waals surface area (Å²) in [5, 5.41) is 18.3. The van der Waals surface area contributed by atoms with Gasteiger partial charge in [-0.15, -0.1) is 0 Å². The Morgan fingerprint density at radius 1 is 0.786 bits per heavy atom. The fourth-order valence-electron chi connectivity index (χ4n) is 2.47. The van der Waals surface area contributed by atoms with Crippen LogP contribution in [-0.2, 0) is 27.2 Å². The van der Waals surface area contributed by atoms with Gasteiger partial charge < -0.3 is 36.4 Å². The first-order chi connectivity index (χ1) is 12.9. The largest absolute Gasteiger partial charge is 0.466 e. The van der Waals surface area contributed by atoms with Gasteiger partial charge in [0, 0.05) is 24.6 Å². The molecule has 0 bridgehead atoms. The minimum Gasteiger partial charge on any atom is -0.399 e. The van der Waals surface area contributed by atoms with E-state index in [1.54, 1.807) is 12.1 Å². The van der Waals surface area contributed by atoms with Gasteiger partial charge >= 0.3 is 7.82 Å². The molecule has 10 nitrogen and oxygen atoms in total. The van der Waals surface area contributed by atoms with Gasteiger partial charge in [0.15, 0.2) is 0 Å². The van der Waals surface area contributed by atoms with Crippen molar-refractivity contribution in [2.24, 2.45) is 0 Å². The van der Waals surface area contributed by atoms with Crippen molar-refractivity contribution < 1.29 is 37.9 Å². The molecule has 0 aromatic heterocycles. The first kappa shape index (κ1) is 24.1. The minimum atomic E-state index is -4.64. The quantitative estimate of drug-likeness (QED) is 0.236. The number of nitrogens with two attached hydrogens (primary N) is 2. The lowest BCUT2D eigenvalue weighted by atomic mass is 10.1. The molecule has 0 heterocycles. The molecular weight excluding hydrogens is 411 g/mol. The molecule has 0 radical (unpaired) electrons. The van der Waals surface area contributed by atoms with Crippen LogP contribution in [0.4, 0.5) is 11.4 Å². The third-order valence-electron chi connectivity index (χ3n) is 3.51. The molecule has 0 aliphatic carbocycles. The molecule has 0 fully saturated rings. The van der Waals surface area contributed by atoms with E-state index in [1.165, 1.54) is 24.3 Å². The van der Waals surface area contributed by atoms with Crippen LogP contribution in [0.3, 0.4) is 0 Å². The van der Waals surface area contributed by atoms with E-state index in [-0.39, 0.29) is 35.8 Å². The second-order valence-electron chi connectivity index (χ2n) is 5.70. The Balaban J connectivity index is 0.000000696. The summed E-state index contributed by atoms with van der Waals surface area (Å²) in [4.78, 5) is 21.8. The van der Waals surface area contributed by atoms with E-state index in [1.807, 2.05) is 0 Å². The van der Waals surface area contributed by atoms with Gasteiger partial charge in [-0.25, -0.2) is 13.0 Å². The van der Waals surface area contributed by atoms with Gasteiger partial charge in [0.25, 0.3) is 0 Å². The number of phosphoric acid groups is 1. The summed E-state index contributed by atoms with van der Waals surface area (Å²) in [6.45, 7) is -0.367. The summed E-state index contributed by atoms with van der Waals surface area (Å²) >= 11 is 0. The Kier molecular flexibility index (Phi) is 8.58. The molecule has 12 heteroatoms. The van der Waals surface area contributed by atoms with Crippen LogP contribution >= 0.6 is 7.82 Å². The predicted molar refractivity (Wildman–Crippen MR) is 103 cm³/mol. The van der Waals surface area contributed by atoms with Crippen LogP contribution in [0.15, 0.2) is 46.2 Å². The number of nitrogen functional groups attached to an aromatic ring is 2. The molecule has 9 N–H and O–H groups in total. The SMILES string of the molecule is Nc1ccc(S(=O)(=O)c2ccc(N)cc2CCO)c(CCO)c1.O=P(O)(O)O. The zero-order valence-electron chi connectivity index (χ0n) is 14.8. The average molecular weight is 434 g/mol. The first-order valence-corrected chi connectivity index (χ1v) is 11.0. The summed E-state index contributed by atoms with van der Waals surface area (Å²) in [6, 6.07) is 9.00. The topological polar surface area (TPSA) is 204 Å². The highest BCUT2D eigenvalue weighted by Gasteiger charge is 2.24. The number of benzene rings is 2. The average Bonchev–Trinajstić information content (AvgIpc) is 2.53. The Labute approximate surface area is 162 Å². The number of aliphatic hydroxyl groups excluding tert-OH is 2. The first-order valence-electron chi connectivity index (χ1n) is 7.92. The maximum atomic E-state index is 13.0. The molecule has 0 aliphatic rings. The van der Waals surface area contributed by atoms with E-state index in [0.29, 0.717) is 22.5 Å². The lowest BCUT2D eigenvalue weighted by molar-refractivity contribution is 0.275. The van der Waals surface area contributed by atoms with Gasteiger partial charge in [0.1, 0.15) is 0 Å². The third kappa shape index (κ3) is 7.21. The van der Waals surface area contributed by atoms with E-state index in [4.69, 9.17) is 40.9 Å². The van der Waals surface area contributed by atoms with E-state index in [9.17, 15) is 8.42 Å². The van der Waals surface area contributed by atoms with Crippen LogP contribution in [0.5, 0.6) is 0 Å². The molecule has 28 heavy (non-hydrogen) atoms. The fourth-order valence-corrected chi connectivity index (χ4v) is 4.22. The Morgan fingerprint density at radius 2 is 1.11 bits per heavy atom. The van der Waals surface area contributed by atoms with E-state index < -0.39 is 17.7 Å². The van der Waals surface area contributed by atoms with Crippen LogP contribution in [0.25, 0.3) is 0 Å². The molecule has 2 aromatic carbocycles. The number of anilines is 2.